The second kappa shape index (κ2) is 5.12. The number of nitrogens with zero attached hydrogens (tertiary/aromatic N) is 1. The number of benzene rings is 1. The van der Waals surface area contributed by atoms with Gasteiger partial charge >= 0.3 is 0 Å². The molecule has 3 nitrogen and oxygen atoms in total. The highest BCUT2D eigenvalue weighted by molar-refractivity contribution is 7.80. The molecule has 4 heteroatoms. The normalized spacial score (nSPS) is 15.1. The zero-order chi connectivity index (χ0) is 12.4. The highest BCUT2D eigenvalue weighted by Gasteiger charge is 2.17. The Morgan fingerprint density at radius 3 is 2.76 bits per heavy atom. The number of aryl methyl sites for hydroxylation is 1. The van der Waals surface area contributed by atoms with Crippen LogP contribution in [0.3, 0.4) is 0 Å². The van der Waals surface area contributed by atoms with E-state index in [0.29, 0.717) is 12.2 Å². The maximum atomic E-state index is 10.00. The monoisotopic (exact) mass is 251 g/mol. The quantitative estimate of drug-likeness (QED) is 0.727. The van der Waals surface area contributed by atoms with E-state index in [-0.39, 0.29) is 0 Å². The summed E-state index contributed by atoms with van der Waals surface area (Å²) in [5.41, 5.74) is 1.86. The van der Waals surface area contributed by atoms with Crippen LogP contribution in [0, 0.1) is 0 Å². The van der Waals surface area contributed by atoms with Crippen LogP contribution in [0.5, 0.6) is 0 Å². The third kappa shape index (κ3) is 2.49. The van der Waals surface area contributed by atoms with Crippen molar-refractivity contribution in [2.24, 2.45) is 7.05 Å². The van der Waals surface area contributed by atoms with Crippen molar-refractivity contribution in [3.05, 3.63) is 36.0 Å². The summed E-state index contributed by atoms with van der Waals surface area (Å²) in [5.74, 6) is 0.561. The van der Waals surface area contributed by atoms with Crippen LogP contribution in [0.25, 0.3) is 10.9 Å². The second-order valence-electron chi connectivity index (χ2n) is 4.27. The predicted molar refractivity (Wildman–Crippen MR) is 72.4 cm³/mol. The summed E-state index contributed by atoms with van der Waals surface area (Å²) < 4.78 is 2.02. The van der Waals surface area contributed by atoms with E-state index in [1.165, 1.54) is 0 Å². The van der Waals surface area contributed by atoms with Gasteiger partial charge in [-0.1, -0.05) is 6.07 Å². The lowest BCUT2D eigenvalue weighted by molar-refractivity contribution is 0.0173. The summed E-state index contributed by atoms with van der Waals surface area (Å²) in [7, 11) is 1.98. The van der Waals surface area contributed by atoms with Crippen LogP contribution in [-0.2, 0) is 7.05 Å². The molecule has 0 saturated carbocycles. The molecule has 0 spiro atoms. The van der Waals surface area contributed by atoms with Crippen molar-refractivity contribution in [3.8, 4) is 0 Å². The minimum Gasteiger partial charge on any atom is -0.390 e. The Kier molecular flexibility index (Phi) is 3.76. The molecule has 2 rings (SSSR count). The zero-order valence-corrected chi connectivity index (χ0v) is 10.6. The average molecular weight is 251 g/mol. The third-order valence-electron chi connectivity index (χ3n) is 3.04. The lowest BCUT2D eigenvalue weighted by Crippen LogP contribution is -2.18. The van der Waals surface area contributed by atoms with Crippen LogP contribution in [0.2, 0.25) is 0 Å². The van der Waals surface area contributed by atoms with Crippen LogP contribution in [0.4, 0.5) is 0 Å². The molecule has 0 bridgehead atoms. The summed E-state index contributed by atoms with van der Waals surface area (Å²) in [5, 5.41) is 20.8. The van der Waals surface area contributed by atoms with Crippen LogP contribution >= 0.6 is 12.6 Å². The van der Waals surface area contributed by atoms with Gasteiger partial charge in [-0.15, -0.1) is 0 Å². The van der Waals surface area contributed by atoms with Gasteiger partial charge in [0.05, 0.1) is 6.10 Å². The maximum Gasteiger partial charge on any atom is 0.105 e. The molecule has 2 N–H and O–H groups in total. The van der Waals surface area contributed by atoms with E-state index in [0.717, 1.165) is 16.5 Å². The van der Waals surface area contributed by atoms with Crippen molar-refractivity contribution in [1.29, 1.82) is 0 Å². The van der Waals surface area contributed by atoms with Crippen LogP contribution in [0.1, 0.15) is 18.1 Å². The van der Waals surface area contributed by atoms with Gasteiger partial charge in [0.15, 0.2) is 0 Å². The Morgan fingerprint density at radius 1 is 1.29 bits per heavy atom. The Labute approximate surface area is 106 Å². The Morgan fingerprint density at radius 2 is 2.06 bits per heavy atom. The van der Waals surface area contributed by atoms with Crippen LogP contribution < -0.4 is 0 Å². The molecule has 92 valence electrons. The first-order valence-corrected chi connectivity index (χ1v) is 6.28. The van der Waals surface area contributed by atoms with E-state index in [1.54, 1.807) is 0 Å². The molecule has 0 aliphatic rings. The molecule has 0 aliphatic heterocycles. The van der Waals surface area contributed by atoms with E-state index >= 15 is 0 Å². The van der Waals surface area contributed by atoms with Gasteiger partial charge in [0.25, 0.3) is 0 Å². The Balaban J connectivity index is 2.29. The van der Waals surface area contributed by atoms with Gasteiger partial charge in [0.1, 0.15) is 6.10 Å². The number of hydrogen-bond donors (Lipinski definition) is 3. The van der Waals surface area contributed by atoms with Crippen molar-refractivity contribution < 1.29 is 10.2 Å². The molecule has 1 heterocycles. The van der Waals surface area contributed by atoms with Gasteiger partial charge in [-0.05, 0) is 41.3 Å². The molecule has 17 heavy (non-hydrogen) atoms. The Hall–Kier alpha value is -0.970. The first-order chi connectivity index (χ1) is 8.13. The van der Waals surface area contributed by atoms with Crippen molar-refractivity contribution in [2.75, 3.05) is 5.75 Å². The topological polar surface area (TPSA) is 45.4 Å². The largest absolute Gasteiger partial charge is 0.390 e. The minimum atomic E-state index is -0.841. The van der Waals surface area contributed by atoms with Crippen LogP contribution in [-0.4, -0.2) is 26.6 Å². The molecule has 2 atom stereocenters. The van der Waals surface area contributed by atoms with Crippen LogP contribution in [0.15, 0.2) is 30.5 Å². The van der Waals surface area contributed by atoms with Crippen molar-refractivity contribution in [1.82, 2.24) is 4.57 Å². The molecule has 0 fully saturated rings. The first-order valence-electron chi connectivity index (χ1n) is 5.65. The predicted octanol–water partition coefficient (Wildman–Crippen LogP) is 1.89. The number of hydrogen-bond acceptors (Lipinski definition) is 3. The summed E-state index contributed by atoms with van der Waals surface area (Å²) in [6.07, 6.45) is 0.864. The lowest BCUT2D eigenvalue weighted by Gasteiger charge is -2.17. The number of aliphatic hydroxyl groups excluding tert-OH is 2. The summed E-state index contributed by atoms with van der Waals surface area (Å²) >= 11 is 4.05. The highest BCUT2D eigenvalue weighted by Crippen LogP contribution is 2.24. The summed E-state index contributed by atoms with van der Waals surface area (Å²) in [6.45, 7) is 0. The molecular formula is C13H17NO2S. The molecule has 2 unspecified atom stereocenters. The number of thiol groups is 1. The van der Waals surface area contributed by atoms with E-state index in [1.807, 2.05) is 42.1 Å². The Bertz CT molecular complexity index is 509. The van der Waals surface area contributed by atoms with E-state index in [2.05, 4.69) is 12.6 Å². The number of aliphatic hydroxyl groups is 2. The molecule has 0 amide bonds. The van der Waals surface area contributed by atoms with Crippen molar-refractivity contribution >= 4 is 23.5 Å². The second-order valence-corrected chi connectivity index (χ2v) is 4.72. The number of rotatable bonds is 4. The van der Waals surface area contributed by atoms with Gasteiger partial charge in [-0.3, -0.25) is 0 Å². The van der Waals surface area contributed by atoms with Gasteiger partial charge in [-0.2, -0.15) is 12.6 Å². The first kappa shape index (κ1) is 12.5. The molecule has 2 aromatic rings. The fourth-order valence-electron chi connectivity index (χ4n) is 2.00. The molecule has 1 aromatic carbocycles. The van der Waals surface area contributed by atoms with Gasteiger partial charge in [0, 0.05) is 18.8 Å². The SMILES string of the molecule is Cn1ccc2cc(C(O)C(O)CCS)ccc21. The average Bonchev–Trinajstić information content (AvgIpc) is 2.70. The van der Waals surface area contributed by atoms with E-state index < -0.39 is 12.2 Å². The molecular weight excluding hydrogens is 234 g/mol. The van der Waals surface area contributed by atoms with E-state index in [4.69, 9.17) is 0 Å². The summed E-state index contributed by atoms with van der Waals surface area (Å²) in [4.78, 5) is 0. The minimum absolute atomic E-state index is 0.483. The van der Waals surface area contributed by atoms with Gasteiger partial charge in [-0.25, -0.2) is 0 Å². The lowest BCUT2D eigenvalue weighted by atomic mass is 10.0. The highest BCUT2D eigenvalue weighted by atomic mass is 32.1. The number of fused-ring (bicyclic) bond motifs is 1. The molecule has 0 saturated heterocycles. The molecule has 0 aliphatic carbocycles. The molecule has 1 aromatic heterocycles. The summed E-state index contributed by atoms with van der Waals surface area (Å²) in [6, 6.07) is 7.73. The fourth-order valence-corrected chi connectivity index (χ4v) is 2.26. The van der Waals surface area contributed by atoms with Gasteiger partial charge in [0.2, 0.25) is 0 Å². The third-order valence-corrected chi connectivity index (χ3v) is 3.30. The standard InChI is InChI=1S/C13H17NO2S/c1-14-6-4-9-8-10(2-3-11(9)14)13(16)12(15)5-7-17/h2-4,6,8,12-13,15-17H,5,7H2,1H3. The zero-order valence-electron chi connectivity index (χ0n) is 9.74. The fraction of sp³-hybridized carbons (Fsp3) is 0.385. The number of aromatic nitrogens is 1. The van der Waals surface area contributed by atoms with Gasteiger partial charge < -0.3 is 14.8 Å². The van der Waals surface area contributed by atoms with Crippen molar-refractivity contribution in [2.45, 2.75) is 18.6 Å². The molecule has 0 radical (unpaired) electrons. The van der Waals surface area contributed by atoms with Crippen molar-refractivity contribution in [3.63, 3.8) is 0 Å². The maximum absolute atomic E-state index is 10.00. The van der Waals surface area contributed by atoms with E-state index in [9.17, 15) is 10.2 Å². The smallest absolute Gasteiger partial charge is 0.105 e.